The lowest BCUT2D eigenvalue weighted by Gasteiger charge is -2.16. The average molecular weight is 367 g/mol. The molecule has 1 aromatic carbocycles. The number of thioether (sulfide) groups is 1. The van der Waals surface area contributed by atoms with E-state index >= 15 is 0 Å². The Kier molecular flexibility index (Phi) is 4.49. The molecule has 1 aromatic heterocycles. The fourth-order valence-corrected chi connectivity index (χ4v) is 3.73. The van der Waals surface area contributed by atoms with E-state index in [1.807, 2.05) is 12.1 Å². The SMILES string of the molecule is O=C1/C(=C/c2ccncc2)SC(=S)N1c1ccc(Cl)cc1Cl. The van der Waals surface area contributed by atoms with E-state index in [0.717, 1.165) is 5.56 Å². The molecule has 1 aliphatic heterocycles. The molecule has 2 aromatic rings. The average Bonchev–Trinajstić information content (AvgIpc) is 2.75. The number of hydrogen-bond donors (Lipinski definition) is 0. The predicted octanol–water partition coefficient (Wildman–Crippen LogP) is 4.79. The molecule has 0 aliphatic carbocycles. The fraction of sp³-hybridized carbons (Fsp3) is 0. The van der Waals surface area contributed by atoms with Crippen LogP contribution >= 0.6 is 47.2 Å². The molecule has 1 fully saturated rings. The highest BCUT2D eigenvalue weighted by Gasteiger charge is 2.34. The van der Waals surface area contributed by atoms with Crippen LogP contribution in [0.4, 0.5) is 5.69 Å². The Hall–Kier alpha value is -1.40. The molecule has 0 spiro atoms. The van der Waals surface area contributed by atoms with E-state index in [2.05, 4.69) is 4.98 Å². The molecular formula is C15H8Cl2N2OS2. The molecule has 7 heteroatoms. The number of halogens is 2. The number of nitrogens with zero attached hydrogens (tertiary/aromatic N) is 2. The lowest BCUT2D eigenvalue weighted by molar-refractivity contribution is -0.113. The summed E-state index contributed by atoms with van der Waals surface area (Å²) in [6.07, 6.45) is 5.12. The Morgan fingerprint density at radius 3 is 2.59 bits per heavy atom. The Bertz CT molecular complexity index is 793. The molecule has 1 saturated heterocycles. The van der Waals surface area contributed by atoms with Crippen LogP contribution in [0.1, 0.15) is 5.56 Å². The van der Waals surface area contributed by atoms with Crippen LogP contribution in [0.15, 0.2) is 47.6 Å². The highest BCUT2D eigenvalue weighted by Crippen LogP contribution is 2.39. The van der Waals surface area contributed by atoms with E-state index in [0.29, 0.717) is 25.0 Å². The largest absolute Gasteiger partial charge is 0.270 e. The Balaban J connectivity index is 1.97. The minimum absolute atomic E-state index is 0.198. The first-order valence-corrected chi connectivity index (χ1v) is 8.17. The van der Waals surface area contributed by atoms with Crippen molar-refractivity contribution in [2.75, 3.05) is 4.90 Å². The fourth-order valence-electron chi connectivity index (χ4n) is 1.95. The highest BCUT2D eigenvalue weighted by molar-refractivity contribution is 8.27. The number of carbonyl (C=O) groups is 1. The third-order valence-corrected chi connectivity index (χ3v) is 4.79. The molecule has 0 radical (unpaired) electrons. The smallest absolute Gasteiger partial charge is 0.268 e. The maximum absolute atomic E-state index is 12.6. The monoisotopic (exact) mass is 366 g/mol. The summed E-state index contributed by atoms with van der Waals surface area (Å²) in [7, 11) is 0. The number of carbonyl (C=O) groups excluding carboxylic acids is 1. The number of benzene rings is 1. The van der Waals surface area contributed by atoms with Crippen LogP contribution in [0.2, 0.25) is 10.0 Å². The van der Waals surface area contributed by atoms with Crippen molar-refractivity contribution >= 4 is 69.2 Å². The standard InChI is InChI=1S/C15H8Cl2N2OS2/c16-10-1-2-12(11(17)8-10)19-14(20)13(22-15(19)21)7-9-3-5-18-6-4-9/h1-8H/b13-7-. The zero-order valence-electron chi connectivity index (χ0n) is 11.0. The van der Waals surface area contributed by atoms with Crippen LogP contribution in [0.25, 0.3) is 6.08 Å². The number of aromatic nitrogens is 1. The molecule has 0 N–H and O–H groups in total. The Morgan fingerprint density at radius 2 is 1.91 bits per heavy atom. The molecule has 0 unspecified atom stereocenters. The molecule has 3 rings (SSSR count). The zero-order chi connectivity index (χ0) is 15.7. The summed E-state index contributed by atoms with van der Waals surface area (Å²) >= 11 is 18.6. The molecule has 1 amide bonds. The minimum atomic E-state index is -0.198. The van der Waals surface area contributed by atoms with E-state index < -0.39 is 0 Å². The predicted molar refractivity (Wildman–Crippen MR) is 96.4 cm³/mol. The van der Waals surface area contributed by atoms with Gasteiger partial charge in [-0.05, 0) is 42.0 Å². The molecule has 0 atom stereocenters. The topological polar surface area (TPSA) is 33.2 Å². The van der Waals surface area contributed by atoms with Gasteiger partial charge in [0.25, 0.3) is 5.91 Å². The number of thiocarbonyl (C=S) groups is 1. The summed E-state index contributed by atoms with van der Waals surface area (Å²) in [5.74, 6) is -0.198. The molecule has 1 aliphatic rings. The molecular weight excluding hydrogens is 359 g/mol. The van der Waals surface area contributed by atoms with Gasteiger partial charge in [-0.2, -0.15) is 0 Å². The first-order chi connectivity index (χ1) is 10.6. The van der Waals surface area contributed by atoms with Crippen LogP contribution in [0.5, 0.6) is 0 Å². The molecule has 3 nitrogen and oxygen atoms in total. The first kappa shape index (κ1) is 15.5. The molecule has 0 saturated carbocycles. The van der Waals surface area contributed by atoms with Crippen molar-refractivity contribution < 1.29 is 4.79 Å². The van der Waals surface area contributed by atoms with Gasteiger partial charge < -0.3 is 0 Å². The number of hydrogen-bond acceptors (Lipinski definition) is 4. The highest BCUT2D eigenvalue weighted by atomic mass is 35.5. The maximum Gasteiger partial charge on any atom is 0.270 e. The minimum Gasteiger partial charge on any atom is -0.268 e. The van der Waals surface area contributed by atoms with E-state index in [1.165, 1.54) is 16.7 Å². The van der Waals surface area contributed by atoms with Crippen molar-refractivity contribution in [3.8, 4) is 0 Å². The number of anilines is 1. The van der Waals surface area contributed by atoms with Crippen LogP contribution in [-0.2, 0) is 4.79 Å². The van der Waals surface area contributed by atoms with Crippen molar-refractivity contribution in [2.45, 2.75) is 0 Å². The van der Waals surface area contributed by atoms with E-state index in [-0.39, 0.29) is 5.91 Å². The van der Waals surface area contributed by atoms with Crippen molar-refractivity contribution in [3.05, 3.63) is 63.2 Å². The summed E-state index contributed by atoms with van der Waals surface area (Å²) in [5, 5.41) is 0.889. The lowest BCUT2D eigenvalue weighted by atomic mass is 10.2. The summed E-state index contributed by atoms with van der Waals surface area (Å²) < 4.78 is 0.439. The van der Waals surface area contributed by atoms with Gasteiger partial charge in [-0.25, -0.2) is 0 Å². The van der Waals surface area contributed by atoms with Crippen molar-refractivity contribution in [2.24, 2.45) is 0 Å². The number of amides is 1. The molecule has 0 bridgehead atoms. The summed E-state index contributed by atoms with van der Waals surface area (Å²) in [6, 6.07) is 8.59. The molecule has 2 heterocycles. The van der Waals surface area contributed by atoms with Gasteiger partial charge in [0, 0.05) is 17.4 Å². The van der Waals surface area contributed by atoms with Crippen molar-refractivity contribution in [1.82, 2.24) is 4.98 Å². The van der Waals surface area contributed by atoms with Crippen molar-refractivity contribution in [1.29, 1.82) is 0 Å². The first-order valence-electron chi connectivity index (χ1n) is 6.19. The molecule has 110 valence electrons. The van der Waals surface area contributed by atoms with Gasteiger partial charge in [0.1, 0.15) is 0 Å². The number of pyridine rings is 1. The normalized spacial score (nSPS) is 16.6. The van der Waals surface area contributed by atoms with Gasteiger partial charge >= 0.3 is 0 Å². The summed E-state index contributed by atoms with van der Waals surface area (Å²) in [4.78, 5) is 18.5. The maximum atomic E-state index is 12.6. The van der Waals surface area contributed by atoms with Crippen LogP contribution in [-0.4, -0.2) is 15.2 Å². The third-order valence-electron chi connectivity index (χ3n) is 2.95. The van der Waals surface area contributed by atoms with E-state index in [9.17, 15) is 4.79 Å². The Labute approximate surface area is 146 Å². The van der Waals surface area contributed by atoms with Gasteiger partial charge in [0.2, 0.25) is 0 Å². The van der Waals surface area contributed by atoms with Gasteiger partial charge in [0.05, 0.1) is 15.6 Å². The summed E-state index contributed by atoms with van der Waals surface area (Å²) in [5.41, 5.74) is 1.42. The molecule has 22 heavy (non-hydrogen) atoms. The Morgan fingerprint density at radius 1 is 1.18 bits per heavy atom. The van der Waals surface area contributed by atoms with Gasteiger partial charge in [-0.3, -0.25) is 14.7 Å². The third kappa shape index (κ3) is 3.03. The van der Waals surface area contributed by atoms with E-state index in [1.54, 1.807) is 36.7 Å². The quantitative estimate of drug-likeness (QED) is 0.564. The van der Waals surface area contributed by atoms with Gasteiger partial charge in [0.15, 0.2) is 4.32 Å². The second kappa shape index (κ2) is 6.38. The second-order valence-electron chi connectivity index (χ2n) is 4.39. The van der Waals surface area contributed by atoms with E-state index in [4.69, 9.17) is 35.4 Å². The number of rotatable bonds is 2. The summed E-state index contributed by atoms with van der Waals surface area (Å²) in [6.45, 7) is 0. The van der Waals surface area contributed by atoms with Crippen molar-refractivity contribution in [3.63, 3.8) is 0 Å². The van der Waals surface area contributed by atoms with Crippen LogP contribution in [0.3, 0.4) is 0 Å². The van der Waals surface area contributed by atoms with Gasteiger partial charge in [-0.15, -0.1) is 0 Å². The lowest BCUT2D eigenvalue weighted by Crippen LogP contribution is -2.27. The van der Waals surface area contributed by atoms with Crippen LogP contribution < -0.4 is 4.90 Å². The van der Waals surface area contributed by atoms with Crippen LogP contribution in [0, 0.1) is 0 Å². The second-order valence-corrected chi connectivity index (χ2v) is 6.91. The zero-order valence-corrected chi connectivity index (χ0v) is 14.1. The van der Waals surface area contributed by atoms with Gasteiger partial charge in [-0.1, -0.05) is 47.2 Å².